The Balaban J connectivity index is 1.79. The second-order valence-corrected chi connectivity index (χ2v) is 6.65. The molecule has 8 nitrogen and oxygen atoms in total. The number of nitrogens with zero attached hydrogens (tertiary/aromatic N) is 4. The predicted molar refractivity (Wildman–Crippen MR) is 101 cm³/mol. The van der Waals surface area contributed by atoms with Gasteiger partial charge in [-0.3, -0.25) is 9.78 Å². The van der Waals surface area contributed by atoms with Crippen molar-refractivity contribution in [2.45, 2.75) is 26.9 Å². The van der Waals surface area contributed by atoms with E-state index in [4.69, 9.17) is 9.47 Å². The van der Waals surface area contributed by atoms with E-state index in [9.17, 15) is 4.79 Å². The van der Waals surface area contributed by atoms with E-state index in [0.717, 1.165) is 28.5 Å². The molecule has 2 aromatic rings. The van der Waals surface area contributed by atoms with Crippen LogP contribution in [0.1, 0.15) is 28.9 Å². The lowest BCUT2D eigenvalue weighted by Crippen LogP contribution is -2.44. The lowest BCUT2D eigenvalue weighted by molar-refractivity contribution is -0.143. The Morgan fingerprint density at radius 2 is 1.89 bits per heavy atom. The molecule has 27 heavy (non-hydrogen) atoms. The number of pyridine rings is 1. The number of rotatable bonds is 5. The van der Waals surface area contributed by atoms with Crippen LogP contribution in [0.4, 0.5) is 11.6 Å². The third-order valence-corrected chi connectivity index (χ3v) is 4.23. The zero-order valence-corrected chi connectivity index (χ0v) is 16.2. The molecule has 0 aliphatic carbocycles. The van der Waals surface area contributed by atoms with Crippen molar-refractivity contribution in [3.05, 3.63) is 41.0 Å². The van der Waals surface area contributed by atoms with Gasteiger partial charge in [0, 0.05) is 36.4 Å². The monoisotopic (exact) mass is 371 g/mol. The standard InChI is InChI=1S/C19H25N5O3/c1-12-7-13(2)22-19(21-12)23-15-8-14(3)20-16(9-15)17-10-24(5-6-27-17)18(25)11-26-4/h7-9,17H,5-6,10-11H2,1-4H3,(H,20,21,22,23). The molecule has 3 rings (SSSR count). The van der Waals surface area contributed by atoms with Crippen LogP contribution in [-0.4, -0.2) is 59.2 Å². The molecule has 1 fully saturated rings. The molecule has 1 aliphatic rings. The van der Waals surface area contributed by atoms with E-state index < -0.39 is 0 Å². The number of anilines is 2. The summed E-state index contributed by atoms with van der Waals surface area (Å²) in [7, 11) is 1.52. The van der Waals surface area contributed by atoms with E-state index in [-0.39, 0.29) is 18.6 Å². The van der Waals surface area contributed by atoms with Crippen molar-refractivity contribution in [1.82, 2.24) is 19.9 Å². The quantitative estimate of drug-likeness (QED) is 0.861. The molecule has 1 N–H and O–H groups in total. The van der Waals surface area contributed by atoms with Gasteiger partial charge in [-0.1, -0.05) is 0 Å². The van der Waals surface area contributed by atoms with Crippen molar-refractivity contribution in [2.24, 2.45) is 0 Å². The number of methoxy groups -OCH3 is 1. The van der Waals surface area contributed by atoms with Gasteiger partial charge >= 0.3 is 0 Å². The number of carbonyl (C=O) groups is 1. The maximum atomic E-state index is 12.1. The largest absolute Gasteiger partial charge is 0.375 e. The Morgan fingerprint density at radius 1 is 1.19 bits per heavy atom. The molecule has 3 heterocycles. The van der Waals surface area contributed by atoms with Gasteiger partial charge in [-0.15, -0.1) is 0 Å². The number of aromatic nitrogens is 3. The third-order valence-electron chi connectivity index (χ3n) is 4.23. The minimum Gasteiger partial charge on any atom is -0.375 e. The maximum absolute atomic E-state index is 12.1. The van der Waals surface area contributed by atoms with Gasteiger partial charge in [0.05, 0.1) is 18.8 Å². The van der Waals surface area contributed by atoms with Crippen LogP contribution in [0.15, 0.2) is 18.2 Å². The predicted octanol–water partition coefficient (Wildman–Crippen LogP) is 2.09. The fraction of sp³-hybridized carbons (Fsp3) is 0.474. The summed E-state index contributed by atoms with van der Waals surface area (Å²) in [5, 5.41) is 3.24. The zero-order valence-electron chi connectivity index (χ0n) is 16.2. The molecule has 1 amide bonds. The van der Waals surface area contributed by atoms with Crippen molar-refractivity contribution >= 4 is 17.5 Å². The van der Waals surface area contributed by atoms with Gasteiger partial charge in [0.25, 0.3) is 0 Å². The van der Waals surface area contributed by atoms with Gasteiger partial charge in [0.2, 0.25) is 11.9 Å². The van der Waals surface area contributed by atoms with Crippen LogP contribution in [0.25, 0.3) is 0 Å². The molecular weight excluding hydrogens is 346 g/mol. The van der Waals surface area contributed by atoms with E-state index in [2.05, 4.69) is 20.3 Å². The molecule has 2 aromatic heterocycles. The highest BCUT2D eigenvalue weighted by atomic mass is 16.5. The van der Waals surface area contributed by atoms with Crippen molar-refractivity contribution in [3.8, 4) is 0 Å². The molecule has 1 saturated heterocycles. The number of morpholine rings is 1. The van der Waals surface area contributed by atoms with E-state index in [1.54, 1.807) is 4.90 Å². The summed E-state index contributed by atoms with van der Waals surface area (Å²) >= 11 is 0. The van der Waals surface area contributed by atoms with Crippen LogP contribution in [-0.2, 0) is 14.3 Å². The molecule has 1 aliphatic heterocycles. The highest BCUT2D eigenvalue weighted by Crippen LogP contribution is 2.25. The smallest absolute Gasteiger partial charge is 0.248 e. The number of carbonyl (C=O) groups excluding carboxylic acids is 1. The lowest BCUT2D eigenvalue weighted by atomic mass is 10.1. The number of hydrogen-bond donors (Lipinski definition) is 1. The van der Waals surface area contributed by atoms with Gasteiger partial charge in [-0.05, 0) is 39.0 Å². The molecule has 0 aromatic carbocycles. The molecule has 0 radical (unpaired) electrons. The minimum atomic E-state index is -0.278. The van der Waals surface area contributed by atoms with Crippen LogP contribution < -0.4 is 5.32 Å². The van der Waals surface area contributed by atoms with E-state index >= 15 is 0 Å². The van der Waals surface area contributed by atoms with Crippen LogP contribution in [0.2, 0.25) is 0 Å². The van der Waals surface area contributed by atoms with E-state index in [1.165, 1.54) is 7.11 Å². The molecule has 1 atom stereocenters. The van der Waals surface area contributed by atoms with Crippen LogP contribution in [0, 0.1) is 20.8 Å². The zero-order chi connectivity index (χ0) is 19.4. The summed E-state index contributed by atoms with van der Waals surface area (Å²) in [6, 6.07) is 5.78. The Hall–Kier alpha value is -2.58. The summed E-state index contributed by atoms with van der Waals surface area (Å²) < 4.78 is 10.8. The van der Waals surface area contributed by atoms with Crippen LogP contribution in [0.3, 0.4) is 0 Å². The SMILES string of the molecule is COCC(=O)N1CCOC(c2cc(Nc3nc(C)cc(C)n3)cc(C)n2)C1. The van der Waals surface area contributed by atoms with Crippen molar-refractivity contribution in [3.63, 3.8) is 0 Å². The topological polar surface area (TPSA) is 89.5 Å². The van der Waals surface area contributed by atoms with Crippen molar-refractivity contribution in [1.29, 1.82) is 0 Å². The number of aryl methyl sites for hydroxylation is 3. The lowest BCUT2D eigenvalue weighted by Gasteiger charge is -2.32. The molecular formula is C19H25N5O3. The van der Waals surface area contributed by atoms with Gasteiger partial charge in [0.1, 0.15) is 12.7 Å². The second-order valence-electron chi connectivity index (χ2n) is 6.65. The molecule has 1 unspecified atom stereocenters. The van der Waals surface area contributed by atoms with Crippen molar-refractivity contribution in [2.75, 3.05) is 38.7 Å². The fourth-order valence-electron chi connectivity index (χ4n) is 3.11. The fourth-order valence-corrected chi connectivity index (χ4v) is 3.11. The van der Waals surface area contributed by atoms with E-state index in [0.29, 0.717) is 25.6 Å². The first-order valence-electron chi connectivity index (χ1n) is 8.91. The Bertz CT molecular complexity index is 807. The van der Waals surface area contributed by atoms with Gasteiger partial charge < -0.3 is 19.7 Å². The summed E-state index contributed by atoms with van der Waals surface area (Å²) in [5.74, 6) is 0.506. The molecule has 0 spiro atoms. The first kappa shape index (κ1) is 19.2. The average Bonchev–Trinajstić information content (AvgIpc) is 2.60. The first-order valence-corrected chi connectivity index (χ1v) is 8.91. The molecule has 0 saturated carbocycles. The summed E-state index contributed by atoms with van der Waals surface area (Å²) in [6.45, 7) is 7.36. The number of ether oxygens (including phenoxy) is 2. The minimum absolute atomic E-state index is 0.0413. The second kappa shape index (κ2) is 8.41. The van der Waals surface area contributed by atoms with Gasteiger partial charge in [-0.2, -0.15) is 0 Å². The average molecular weight is 371 g/mol. The summed E-state index contributed by atoms with van der Waals surface area (Å²) in [6.07, 6.45) is -0.278. The summed E-state index contributed by atoms with van der Waals surface area (Å²) in [4.78, 5) is 27.3. The summed E-state index contributed by atoms with van der Waals surface area (Å²) in [5.41, 5.74) is 4.27. The number of nitrogens with one attached hydrogen (secondary N) is 1. The normalized spacial score (nSPS) is 17.0. The Labute approximate surface area is 158 Å². The number of amides is 1. The van der Waals surface area contributed by atoms with E-state index in [1.807, 2.05) is 39.0 Å². The third kappa shape index (κ3) is 4.99. The van der Waals surface area contributed by atoms with Crippen molar-refractivity contribution < 1.29 is 14.3 Å². The Morgan fingerprint density at radius 3 is 2.59 bits per heavy atom. The Kier molecular flexibility index (Phi) is 5.98. The molecule has 0 bridgehead atoms. The van der Waals surface area contributed by atoms with Crippen LogP contribution in [0.5, 0.6) is 0 Å². The first-order chi connectivity index (χ1) is 12.9. The molecule has 8 heteroatoms. The highest BCUT2D eigenvalue weighted by Gasteiger charge is 2.26. The van der Waals surface area contributed by atoms with Gasteiger partial charge in [0.15, 0.2) is 0 Å². The van der Waals surface area contributed by atoms with Crippen LogP contribution >= 0.6 is 0 Å². The maximum Gasteiger partial charge on any atom is 0.248 e. The highest BCUT2D eigenvalue weighted by molar-refractivity contribution is 5.77. The molecule has 144 valence electrons. The van der Waals surface area contributed by atoms with Gasteiger partial charge in [-0.25, -0.2) is 9.97 Å². The number of hydrogen-bond acceptors (Lipinski definition) is 7.